The summed E-state index contributed by atoms with van der Waals surface area (Å²) in [5.74, 6) is -0.817. The maximum atomic E-state index is 10.5. The highest BCUT2D eigenvalue weighted by atomic mass is 79.9. The van der Waals surface area contributed by atoms with Gasteiger partial charge in [0.2, 0.25) is 0 Å². The summed E-state index contributed by atoms with van der Waals surface area (Å²) in [7, 11) is 0. The molecule has 64 valence electrons. The molecule has 12 heavy (non-hydrogen) atoms. The molecule has 0 aromatic carbocycles. The minimum absolute atomic E-state index is 0.124. The van der Waals surface area contributed by atoms with Gasteiger partial charge in [0.05, 0.1) is 22.3 Å². The van der Waals surface area contributed by atoms with Crippen LogP contribution >= 0.6 is 15.9 Å². The number of nitrogens with one attached hydrogen (secondary N) is 1. The number of hydrogen-bond acceptors (Lipinski definition) is 2. The molecule has 0 bridgehead atoms. The summed E-state index contributed by atoms with van der Waals surface area (Å²) in [6.45, 7) is 0. The Bertz CT molecular complexity index is 323. The minimum atomic E-state index is -0.721. The van der Waals surface area contributed by atoms with E-state index >= 15 is 0 Å². The van der Waals surface area contributed by atoms with Crippen molar-refractivity contribution in [3.05, 3.63) is 16.4 Å². The van der Waals surface area contributed by atoms with Gasteiger partial charge < -0.3 is 5.11 Å². The summed E-state index contributed by atoms with van der Waals surface area (Å²) < 4.78 is 0.872. The fourth-order valence-electron chi connectivity index (χ4n) is 1.33. The minimum Gasteiger partial charge on any atom is -0.481 e. The molecular weight excluding hydrogens is 224 g/mol. The second-order valence-corrected chi connectivity index (χ2v) is 3.77. The van der Waals surface area contributed by atoms with E-state index < -0.39 is 5.97 Å². The van der Waals surface area contributed by atoms with Crippen molar-refractivity contribution in [1.82, 2.24) is 10.2 Å². The van der Waals surface area contributed by atoms with Crippen molar-refractivity contribution < 1.29 is 9.90 Å². The SMILES string of the molecule is O=C(O)C1CC1c1[nH]ncc1Br. The van der Waals surface area contributed by atoms with Gasteiger partial charge in [0.25, 0.3) is 0 Å². The van der Waals surface area contributed by atoms with E-state index in [4.69, 9.17) is 5.11 Å². The second kappa shape index (κ2) is 2.58. The van der Waals surface area contributed by atoms with E-state index in [1.165, 1.54) is 0 Å². The molecule has 1 heterocycles. The van der Waals surface area contributed by atoms with Crippen LogP contribution in [-0.2, 0) is 4.79 Å². The molecule has 2 unspecified atom stereocenters. The molecule has 2 rings (SSSR count). The third-order valence-electron chi connectivity index (χ3n) is 2.10. The smallest absolute Gasteiger partial charge is 0.307 e. The lowest BCUT2D eigenvalue weighted by molar-refractivity contribution is -0.138. The number of halogens is 1. The molecule has 4 nitrogen and oxygen atoms in total. The first kappa shape index (κ1) is 7.79. The molecule has 2 atom stereocenters. The summed E-state index contributed by atoms with van der Waals surface area (Å²) in [4.78, 5) is 10.5. The lowest BCUT2D eigenvalue weighted by Gasteiger charge is -1.92. The van der Waals surface area contributed by atoms with Crippen molar-refractivity contribution in [2.24, 2.45) is 5.92 Å². The normalized spacial score (nSPS) is 27.1. The van der Waals surface area contributed by atoms with Gasteiger partial charge in [-0.25, -0.2) is 0 Å². The largest absolute Gasteiger partial charge is 0.481 e. The molecular formula is C7H7BrN2O2. The fourth-order valence-corrected chi connectivity index (χ4v) is 1.81. The highest BCUT2D eigenvalue weighted by Crippen LogP contribution is 2.48. The Balaban J connectivity index is 2.15. The first-order valence-corrected chi connectivity index (χ1v) is 4.41. The van der Waals surface area contributed by atoms with Crippen LogP contribution in [0.3, 0.4) is 0 Å². The van der Waals surface area contributed by atoms with E-state index in [1.54, 1.807) is 6.20 Å². The first-order chi connectivity index (χ1) is 5.70. The van der Waals surface area contributed by atoms with Crippen LogP contribution in [0.15, 0.2) is 10.7 Å². The van der Waals surface area contributed by atoms with Crippen molar-refractivity contribution in [1.29, 1.82) is 0 Å². The molecule has 0 radical (unpaired) electrons. The molecule has 1 aromatic heterocycles. The lowest BCUT2D eigenvalue weighted by Crippen LogP contribution is -1.99. The van der Waals surface area contributed by atoms with Gasteiger partial charge in [-0.2, -0.15) is 5.10 Å². The fraction of sp³-hybridized carbons (Fsp3) is 0.429. The summed E-state index contributed by atoms with van der Waals surface area (Å²) in [6, 6.07) is 0. The Morgan fingerprint density at radius 2 is 2.58 bits per heavy atom. The van der Waals surface area contributed by atoms with Crippen LogP contribution < -0.4 is 0 Å². The molecule has 1 aliphatic carbocycles. The average Bonchev–Trinajstić information content (AvgIpc) is 2.70. The van der Waals surface area contributed by atoms with E-state index in [0.717, 1.165) is 16.6 Å². The zero-order chi connectivity index (χ0) is 8.72. The van der Waals surface area contributed by atoms with Crippen molar-refractivity contribution in [2.45, 2.75) is 12.3 Å². The topological polar surface area (TPSA) is 66.0 Å². The monoisotopic (exact) mass is 230 g/mol. The van der Waals surface area contributed by atoms with Crippen LogP contribution in [-0.4, -0.2) is 21.3 Å². The van der Waals surface area contributed by atoms with Crippen LogP contribution in [0, 0.1) is 5.92 Å². The number of carboxylic acids is 1. The Kier molecular flexibility index (Phi) is 1.68. The molecule has 1 aromatic rings. The molecule has 5 heteroatoms. The van der Waals surface area contributed by atoms with Gasteiger partial charge in [-0.1, -0.05) is 0 Å². The predicted octanol–water partition coefficient (Wildman–Crippen LogP) is 1.36. The van der Waals surface area contributed by atoms with E-state index in [0.29, 0.717) is 0 Å². The number of rotatable bonds is 2. The molecule has 2 N–H and O–H groups in total. The van der Waals surface area contributed by atoms with Gasteiger partial charge in [-0.3, -0.25) is 9.89 Å². The molecule has 1 fully saturated rings. The molecule has 0 amide bonds. The summed E-state index contributed by atoms with van der Waals surface area (Å²) in [5.41, 5.74) is 0.905. The van der Waals surface area contributed by atoms with E-state index in [9.17, 15) is 4.79 Å². The number of aliphatic carboxylic acids is 1. The van der Waals surface area contributed by atoms with Crippen LogP contribution in [0.25, 0.3) is 0 Å². The zero-order valence-corrected chi connectivity index (χ0v) is 7.71. The molecule has 1 aliphatic rings. The summed E-state index contributed by atoms with van der Waals surface area (Å²) in [6.07, 6.45) is 2.36. The van der Waals surface area contributed by atoms with Gasteiger partial charge in [-0.05, 0) is 22.4 Å². The van der Waals surface area contributed by atoms with Crippen LogP contribution in [0.5, 0.6) is 0 Å². The quantitative estimate of drug-likeness (QED) is 0.807. The van der Waals surface area contributed by atoms with Crippen LogP contribution in [0.4, 0.5) is 0 Å². The third-order valence-corrected chi connectivity index (χ3v) is 2.73. The van der Waals surface area contributed by atoms with Gasteiger partial charge in [0, 0.05) is 5.92 Å². The Morgan fingerprint density at radius 3 is 3.00 bits per heavy atom. The second-order valence-electron chi connectivity index (χ2n) is 2.92. The van der Waals surface area contributed by atoms with Crippen LogP contribution in [0.1, 0.15) is 18.0 Å². The number of aromatic nitrogens is 2. The van der Waals surface area contributed by atoms with Crippen molar-refractivity contribution >= 4 is 21.9 Å². The van der Waals surface area contributed by atoms with Gasteiger partial charge in [0.15, 0.2) is 0 Å². The van der Waals surface area contributed by atoms with E-state index in [2.05, 4.69) is 26.1 Å². The number of H-pyrrole nitrogens is 1. The predicted molar refractivity (Wildman–Crippen MR) is 44.8 cm³/mol. The van der Waals surface area contributed by atoms with Gasteiger partial charge >= 0.3 is 5.97 Å². The number of hydrogen-bond donors (Lipinski definition) is 2. The number of carbonyl (C=O) groups is 1. The average molecular weight is 231 g/mol. The maximum absolute atomic E-state index is 10.5. The Hall–Kier alpha value is -0.840. The number of nitrogens with zero attached hydrogens (tertiary/aromatic N) is 1. The molecule has 0 spiro atoms. The van der Waals surface area contributed by atoms with Crippen molar-refractivity contribution in [3.63, 3.8) is 0 Å². The van der Waals surface area contributed by atoms with E-state index in [-0.39, 0.29) is 11.8 Å². The van der Waals surface area contributed by atoms with Crippen LogP contribution in [0.2, 0.25) is 0 Å². The first-order valence-electron chi connectivity index (χ1n) is 3.61. The van der Waals surface area contributed by atoms with E-state index in [1.807, 2.05) is 0 Å². The van der Waals surface area contributed by atoms with Gasteiger partial charge in [-0.15, -0.1) is 0 Å². The van der Waals surface area contributed by atoms with Gasteiger partial charge in [0.1, 0.15) is 0 Å². The summed E-state index contributed by atoms with van der Waals surface area (Å²) in [5, 5.41) is 15.3. The Morgan fingerprint density at radius 1 is 1.83 bits per heavy atom. The maximum Gasteiger partial charge on any atom is 0.307 e. The third kappa shape index (κ3) is 1.14. The highest BCUT2D eigenvalue weighted by molar-refractivity contribution is 9.10. The van der Waals surface area contributed by atoms with Crippen molar-refractivity contribution in [2.75, 3.05) is 0 Å². The molecule has 0 aliphatic heterocycles. The number of aromatic amines is 1. The zero-order valence-electron chi connectivity index (χ0n) is 6.12. The summed E-state index contributed by atoms with van der Waals surface area (Å²) >= 11 is 3.30. The standard InChI is InChI=1S/C7H7BrN2O2/c8-5-2-9-10-6(5)3-1-4(3)7(11)12/h2-4H,1H2,(H,9,10)(H,11,12). The Labute approximate surface area is 77.1 Å². The highest BCUT2D eigenvalue weighted by Gasteiger charge is 2.46. The lowest BCUT2D eigenvalue weighted by atomic mass is 10.2. The molecule has 1 saturated carbocycles. The molecule has 0 saturated heterocycles. The number of carboxylic acid groups (broad SMARTS) is 1. The van der Waals surface area contributed by atoms with Crippen molar-refractivity contribution in [3.8, 4) is 0 Å².